The van der Waals surface area contributed by atoms with E-state index < -0.39 is 11.5 Å². The lowest BCUT2D eigenvalue weighted by Gasteiger charge is -2.23. The number of hydrogen-bond acceptors (Lipinski definition) is 9. The van der Waals surface area contributed by atoms with E-state index in [2.05, 4.69) is 12.1 Å². The summed E-state index contributed by atoms with van der Waals surface area (Å²) in [6.45, 7) is 4.57. The van der Waals surface area contributed by atoms with Gasteiger partial charge in [-0.15, -0.1) is 11.3 Å². The molecule has 0 saturated carbocycles. The van der Waals surface area contributed by atoms with E-state index in [9.17, 15) is 15.3 Å². The molecule has 2 aromatic carbocycles. The molecule has 3 aromatic rings. The van der Waals surface area contributed by atoms with Gasteiger partial charge < -0.3 is 24.7 Å². The number of thiazole rings is 1. The molecule has 2 heterocycles. The van der Waals surface area contributed by atoms with Gasteiger partial charge in [0.1, 0.15) is 10.5 Å². The van der Waals surface area contributed by atoms with Gasteiger partial charge >= 0.3 is 0 Å². The molecule has 1 aliphatic heterocycles. The lowest BCUT2D eigenvalue weighted by atomic mass is 9.84. The molecule has 0 unspecified atom stereocenters. The van der Waals surface area contributed by atoms with E-state index in [1.807, 2.05) is 13.8 Å². The molecule has 0 saturated heterocycles. The summed E-state index contributed by atoms with van der Waals surface area (Å²) in [7, 11) is 3.09. The molecule has 0 amide bonds. The number of allylic oxidation sites excluding steroid dienone is 1. The van der Waals surface area contributed by atoms with Gasteiger partial charge in [-0.3, -0.25) is 9.36 Å². The highest BCUT2D eigenvalue weighted by Gasteiger charge is 2.32. The highest BCUT2D eigenvalue weighted by Crippen LogP contribution is 2.39. The second kappa shape index (κ2) is 11.2. The molecular weight excluding hydrogens is 504 g/mol. The van der Waals surface area contributed by atoms with Crippen LogP contribution >= 0.6 is 11.3 Å². The molecular formula is C28H26N4O5S. The Morgan fingerprint density at radius 2 is 1.55 bits per heavy atom. The number of rotatable bonds is 8. The Morgan fingerprint density at radius 1 is 0.947 bits per heavy atom. The van der Waals surface area contributed by atoms with Gasteiger partial charge in [-0.2, -0.15) is 10.5 Å². The van der Waals surface area contributed by atoms with E-state index >= 15 is 0 Å². The van der Waals surface area contributed by atoms with Crippen molar-refractivity contribution in [3.05, 3.63) is 72.6 Å². The summed E-state index contributed by atoms with van der Waals surface area (Å²) in [5.74, 6) is 1.35. The Bertz CT molecular complexity index is 1690. The molecule has 1 aromatic heterocycles. The summed E-state index contributed by atoms with van der Waals surface area (Å²) in [5, 5.41) is 20.3. The van der Waals surface area contributed by atoms with Gasteiger partial charge in [-0.1, -0.05) is 12.1 Å². The number of methoxy groups -OCH3 is 2. The summed E-state index contributed by atoms with van der Waals surface area (Å²) >= 11 is 1.14. The third-order valence-electron chi connectivity index (χ3n) is 6.00. The van der Waals surface area contributed by atoms with Crippen molar-refractivity contribution >= 4 is 28.8 Å². The van der Waals surface area contributed by atoms with E-state index in [1.165, 1.54) is 11.7 Å². The highest BCUT2D eigenvalue weighted by molar-refractivity contribution is 7.07. The summed E-state index contributed by atoms with van der Waals surface area (Å²) in [6.07, 6.45) is 1.70. The Hall–Kier alpha value is -4.67. The Balaban J connectivity index is 1.96. The number of nitrogens with two attached hydrogens (primary N) is 1. The van der Waals surface area contributed by atoms with Crippen LogP contribution in [0.1, 0.15) is 30.9 Å². The maximum atomic E-state index is 13.5. The lowest BCUT2D eigenvalue weighted by molar-refractivity contribution is 0.310. The number of benzene rings is 2. The quantitative estimate of drug-likeness (QED) is 0.470. The molecule has 4 rings (SSSR count). The molecule has 2 N–H and O–H groups in total. The minimum absolute atomic E-state index is 0.00841. The molecule has 9 nitrogen and oxygen atoms in total. The number of nitriles is 2. The number of fused-ring (bicyclic) bond motifs is 1. The largest absolute Gasteiger partial charge is 0.493 e. The zero-order chi connectivity index (χ0) is 27.4. The molecule has 1 aliphatic rings. The van der Waals surface area contributed by atoms with E-state index in [-0.39, 0.29) is 17.0 Å². The van der Waals surface area contributed by atoms with Crippen LogP contribution in [0.4, 0.5) is 0 Å². The van der Waals surface area contributed by atoms with Gasteiger partial charge in [0.2, 0.25) is 0 Å². The van der Waals surface area contributed by atoms with Crippen molar-refractivity contribution in [1.29, 1.82) is 10.5 Å². The van der Waals surface area contributed by atoms with Crippen LogP contribution in [-0.4, -0.2) is 32.0 Å². The van der Waals surface area contributed by atoms with Crippen LogP contribution < -0.4 is 39.4 Å². The smallest absolute Gasteiger partial charge is 0.274 e. The van der Waals surface area contributed by atoms with Crippen LogP contribution in [0.5, 0.6) is 23.0 Å². The zero-order valence-electron chi connectivity index (χ0n) is 21.4. The van der Waals surface area contributed by atoms with Crippen molar-refractivity contribution < 1.29 is 18.9 Å². The van der Waals surface area contributed by atoms with Crippen LogP contribution in [0.25, 0.3) is 17.5 Å². The number of hydrogen-bond donors (Lipinski definition) is 1. The van der Waals surface area contributed by atoms with Crippen molar-refractivity contribution in [2.45, 2.75) is 19.8 Å². The predicted molar refractivity (Wildman–Crippen MR) is 145 cm³/mol. The number of aromatic nitrogens is 1. The summed E-state index contributed by atoms with van der Waals surface area (Å²) in [6, 6.07) is 14.9. The SMILES string of the molecule is CCOc1cc(/C=c2/sc3n(c2=O)C(N)=C(C#N)[C@H](c2ccc(OC)c(OCC)c2)C=3C#N)ccc1OC. The van der Waals surface area contributed by atoms with E-state index in [4.69, 9.17) is 24.7 Å². The number of ether oxygens (including phenoxy) is 4. The highest BCUT2D eigenvalue weighted by atomic mass is 32.1. The first-order valence-electron chi connectivity index (χ1n) is 11.8. The van der Waals surface area contributed by atoms with Gasteiger partial charge in [0.15, 0.2) is 23.0 Å². The van der Waals surface area contributed by atoms with Crippen molar-refractivity contribution in [3.63, 3.8) is 0 Å². The minimum atomic E-state index is -0.772. The fourth-order valence-electron chi connectivity index (χ4n) is 4.33. The average Bonchev–Trinajstić information content (AvgIpc) is 3.24. The Labute approximate surface area is 223 Å². The van der Waals surface area contributed by atoms with Crippen LogP contribution in [0.3, 0.4) is 0 Å². The van der Waals surface area contributed by atoms with Gasteiger partial charge in [0.25, 0.3) is 5.56 Å². The fourth-order valence-corrected chi connectivity index (χ4v) is 5.46. The monoisotopic (exact) mass is 530 g/mol. The molecule has 194 valence electrons. The second-order valence-electron chi connectivity index (χ2n) is 8.11. The first-order valence-corrected chi connectivity index (χ1v) is 12.6. The third-order valence-corrected chi connectivity index (χ3v) is 7.10. The van der Waals surface area contributed by atoms with Crippen LogP contribution in [-0.2, 0) is 0 Å². The van der Waals surface area contributed by atoms with Crippen molar-refractivity contribution in [1.82, 2.24) is 4.57 Å². The maximum absolute atomic E-state index is 13.5. The summed E-state index contributed by atoms with van der Waals surface area (Å²) in [5.41, 5.74) is 7.67. The molecule has 38 heavy (non-hydrogen) atoms. The van der Waals surface area contributed by atoms with Gasteiger partial charge in [0, 0.05) is 0 Å². The van der Waals surface area contributed by atoms with Gasteiger partial charge in [0.05, 0.1) is 61.2 Å². The molecule has 0 spiro atoms. The van der Waals surface area contributed by atoms with Crippen LogP contribution in [0, 0.1) is 22.7 Å². The van der Waals surface area contributed by atoms with Crippen molar-refractivity contribution in [2.75, 3.05) is 27.4 Å². The fraction of sp³-hybridized carbons (Fsp3) is 0.250. The molecule has 0 fully saturated rings. The normalized spacial score (nSPS) is 14.9. The predicted octanol–water partition coefficient (Wildman–Crippen LogP) is 2.68. The van der Waals surface area contributed by atoms with E-state index in [0.717, 1.165) is 11.3 Å². The van der Waals surface area contributed by atoms with Gasteiger partial charge in [-0.25, -0.2) is 0 Å². The molecule has 0 bridgehead atoms. The lowest BCUT2D eigenvalue weighted by Crippen LogP contribution is -2.38. The minimum Gasteiger partial charge on any atom is -0.493 e. The van der Waals surface area contributed by atoms with E-state index in [1.54, 1.807) is 49.6 Å². The van der Waals surface area contributed by atoms with Gasteiger partial charge in [-0.05, 0) is 55.3 Å². The average molecular weight is 531 g/mol. The third kappa shape index (κ3) is 4.58. The maximum Gasteiger partial charge on any atom is 0.274 e. The summed E-state index contributed by atoms with van der Waals surface area (Å²) in [4.78, 5) is 13.5. The first kappa shape index (κ1) is 26.4. The van der Waals surface area contributed by atoms with Crippen LogP contribution in [0.2, 0.25) is 0 Å². The first-order chi connectivity index (χ1) is 18.4. The standard InChI is InChI=1S/C28H26N4O5S/c1-5-36-22-11-16(7-9-20(22)34-3)12-24-27(33)32-26(31)18(14-29)25(19(15-30)28(32)38-24)17-8-10-21(35-4)23(13-17)37-6-2/h7-13,25H,5-6,31H2,1-4H3/b24-12+/t25-/m0/s1. The molecule has 10 heteroatoms. The topological polar surface area (TPSA) is 133 Å². The summed E-state index contributed by atoms with van der Waals surface area (Å²) < 4.78 is 24.0. The second-order valence-corrected chi connectivity index (χ2v) is 9.14. The molecule has 0 radical (unpaired) electrons. The molecule has 1 atom stereocenters. The zero-order valence-corrected chi connectivity index (χ0v) is 22.2. The van der Waals surface area contributed by atoms with Crippen LogP contribution in [0.15, 0.2) is 46.8 Å². The van der Waals surface area contributed by atoms with E-state index in [0.29, 0.717) is 56.5 Å². The Kier molecular flexibility index (Phi) is 7.75. The Morgan fingerprint density at radius 3 is 2.13 bits per heavy atom. The molecule has 0 aliphatic carbocycles. The van der Waals surface area contributed by atoms with Crippen molar-refractivity contribution in [2.24, 2.45) is 5.73 Å². The number of nitrogens with zero attached hydrogens (tertiary/aromatic N) is 3. The van der Waals surface area contributed by atoms with Crippen molar-refractivity contribution in [3.8, 4) is 35.1 Å².